The van der Waals surface area contributed by atoms with Crippen LogP contribution in [0.5, 0.6) is 0 Å². The lowest BCUT2D eigenvalue weighted by Crippen LogP contribution is -2.37. The zero-order valence-electron chi connectivity index (χ0n) is 10.6. The summed E-state index contributed by atoms with van der Waals surface area (Å²) in [6.07, 6.45) is 5.86. The van der Waals surface area contributed by atoms with E-state index >= 15 is 0 Å². The average Bonchev–Trinajstić information content (AvgIpc) is 2.70. The summed E-state index contributed by atoms with van der Waals surface area (Å²) in [4.78, 5) is 0. The van der Waals surface area contributed by atoms with Crippen molar-refractivity contribution in [3.63, 3.8) is 0 Å². The van der Waals surface area contributed by atoms with Gasteiger partial charge in [0.1, 0.15) is 0 Å². The summed E-state index contributed by atoms with van der Waals surface area (Å²) >= 11 is 0. The van der Waals surface area contributed by atoms with E-state index in [2.05, 4.69) is 43.4 Å². The van der Waals surface area contributed by atoms with Gasteiger partial charge in [0.25, 0.3) is 0 Å². The fourth-order valence-electron chi connectivity index (χ4n) is 2.30. The minimum atomic E-state index is 0.471. The van der Waals surface area contributed by atoms with E-state index in [9.17, 15) is 0 Å². The Morgan fingerprint density at radius 3 is 2.88 bits per heavy atom. The molecule has 0 aromatic carbocycles. The van der Waals surface area contributed by atoms with E-state index in [0.29, 0.717) is 12.1 Å². The lowest BCUT2D eigenvalue weighted by Gasteiger charge is -2.27. The summed E-state index contributed by atoms with van der Waals surface area (Å²) in [6, 6.07) is 3.33. The fourth-order valence-corrected chi connectivity index (χ4v) is 2.30. The molecule has 1 aliphatic rings. The standard InChI is InChI=1S/C13H23N3/c1-10(2)16-7-6-13(15-16)8-12-5-4-11(3)14-9-12/h6-7,10-12,14H,4-5,8-9H2,1-3H3. The summed E-state index contributed by atoms with van der Waals surface area (Å²) in [5.74, 6) is 0.770. The van der Waals surface area contributed by atoms with Gasteiger partial charge in [0.2, 0.25) is 0 Å². The van der Waals surface area contributed by atoms with E-state index in [1.54, 1.807) is 0 Å². The molecule has 2 heterocycles. The van der Waals surface area contributed by atoms with Crippen molar-refractivity contribution in [3.8, 4) is 0 Å². The Bertz CT molecular complexity index is 322. The molecule has 0 bridgehead atoms. The molecule has 0 radical (unpaired) electrons. The van der Waals surface area contributed by atoms with Crippen LogP contribution in [-0.4, -0.2) is 22.4 Å². The molecule has 1 N–H and O–H groups in total. The molecule has 1 saturated heterocycles. The maximum absolute atomic E-state index is 4.61. The molecule has 0 saturated carbocycles. The average molecular weight is 221 g/mol. The van der Waals surface area contributed by atoms with Gasteiger partial charge >= 0.3 is 0 Å². The zero-order valence-corrected chi connectivity index (χ0v) is 10.6. The van der Waals surface area contributed by atoms with Crippen LogP contribution < -0.4 is 5.32 Å². The van der Waals surface area contributed by atoms with Crippen molar-refractivity contribution >= 4 is 0 Å². The molecule has 2 atom stereocenters. The summed E-state index contributed by atoms with van der Waals surface area (Å²) < 4.78 is 2.05. The number of hydrogen-bond acceptors (Lipinski definition) is 2. The zero-order chi connectivity index (χ0) is 11.5. The summed E-state index contributed by atoms with van der Waals surface area (Å²) in [5.41, 5.74) is 1.25. The minimum Gasteiger partial charge on any atom is -0.314 e. The van der Waals surface area contributed by atoms with Gasteiger partial charge in [-0.3, -0.25) is 4.68 Å². The molecule has 3 heteroatoms. The third-order valence-corrected chi connectivity index (χ3v) is 3.45. The molecule has 0 amide bonds. The first kappa shape index (κ1) is 11.6. The molecule has 0 aliphatic carbocycles. The van der Waals surface area contributed by atoms with Crippen molar-refractivity contribution < 1.29 is 0 Å². The van der Waals surface area contributed by atoms with Crippen molar-refractivity contribution in [2.75, 3.05) is 6.54 Å². The van der Waals surface area contributed by atoms with Crippen LogP contribution in [0.15, 0.2) is 12.3 Å². The van der Waals surface area contributed by atoms with E-state index in [0.717, 1.165) is 18.9 Å². The van der Waals surface area contributed by atoms with Crippen LogP contribution in [0.25, 0.3) is 0 Å². The fraction of sp³-hybridized carbons (Fsp3) is 0.769. The Morgan fingerprint density at radius 1 is 1.50 bits per heavy atom. The van der Waals surface area contributed by atoms with E-state index in [-0.39, 0.29) is 0 Å². The highest BCUT2D eigenvalue weighted by atomic mass is 15.3. The van der Waals surface area contributed by atoms with Gasteiger partial charge < -0.3 is 5.32 Å². The second kappa shape index (κ2) is 5.00. The Balaban J connectivity index is 1.88. The van der Waals surface area contributed by atoms with Crippen molar-refractivity contribution in [2.45, 2.75) is 52.1 Å². The van der Waals surface area contributed by atoms with Crippen molar-refractivity contribution in [1.82, 2.24) is 15.1 Å². The van der Waals surface area contributed by atoms with Crippen LogP contribution in [0.1, 0.15) is 45.3 Å². The monoisotopic (exact) mass is 221 g/mol. The van der Waals surface area contributed by atoms with Crippen molar-refractivity contribution in [2.24, 2.45) is 5.92 Å². The molecule has 3 nitrogen and oxygen atoms in total. The first-order valence-corrected chi connectivity index (χ1v) is 6.42. The third kappa shape index (κ3) is 2.85. The Hall–Kier alpha value is -0.830. The lowest BCUT2D eigenvalue weighted by molar-refractivity contribution is 0.319. The maximum Gasteiger partial charge on any atom is 0.0627 e. The van der Waals surface area contributed by atoms with Crippen LogP contribution in [0, 0.1) is 5.92 Å². The Morgan fingerprint density at radius 2 is 2.31 bits per heavy atom. The van der Waals surface area contributed by atoms with Crippen LogP contribution in [0.2, 0.25) is 0 Å². The van der Waals surface area contributed by atoms with Crippen LogP contribution >= 0.6 is 0 Å². The number of rotatable bonds is 3. The van der Waals surface area contributed by atoms with Crippen LogP contribution in [0.4, 0.5) is 0 Å². The number of hydrogen-bond donors (Lipinski definition) is 1. The first-order chi connectivity index (χ1) is 7.65. The largest absolute Gasteiger partial charge is 0.314 e. The highest BCUT2D eigenvalue weighted by Gasteiger charge is 2.18. The molecule has 1 aliphatic heterocycles. The first-order valence-electron chi connectivity index (χ1n) is 6.42. The predicted octanol–water partition coefficient (Wildman–Crippen LogP) is 2.39. The topological polar surface area (TPSA) is 29.9 Å². The molecular formula is C13H23N3. The second-order valence-electron chi connectivity index (χ2n) is 5.34. The number of aromatic nitrogens is 2. The second-order valence-corrected chi connectivity index (χ2v) is 5.34. The SMILES string of the molecule is CC1CCC(Cc2ccn(C(C)C)n2)CN1. The summed E-state index contributed by atoms with van der Waals surface area (Å²) in [5, 5.41) is 8.16. The predicted molar refractivity (Wildman–Crippen MR) is 66.5 cm³/mol. The highest BCUT2D eigenvalue weighted by Crippen LogP contribution is 2.18. The molecular weight excluding hydrogens is 198 g/mol. The van der Waals surface area contributed by atoms with Gasteiger partial charge in [-0.2, -0.15) is 5.10 Å². The highest BCUT2D eigenvalue weighted by molar-refractivity contribution is 5.01. The molecule has 1 aromatic rings. The van der Waals surface area contributed by atoms with Crippen LogP contribution in [0.3, 0.4) is 0 Å². The van der Waals surface area contributed by atoms with E-state index in [1.165, 1.54) is 18.5 Å². The maximum atomic E-state index is 4.61. The van der Waals surface area contributed by atoms with Gasteiger partial charge in [-0.25, -0.2) is 0 Å². The molecule has 1 aromatic heterocycles. The molecule has 2 unspecified atom stereocenters. The van der Waals surface area contributed by atoms with Gasteiger partial charge in [0.15, 0.2) is 0 Å². The van der Waals surface area contributed by atoms with Crippen molar-refractivity contribution in [1.29, 1.82) is 0 Å². The van der Waals surface area contributed by atoms with Crippen molar-refractivity contribution in [3.05, 3.63) is 18.0 Å². The Labute approximate surface area is 98.2 Å². The van der Waals surface area contributed by atoms with E-state index in [4.69, 9.17) is 0 Å². The van der Waals surface area contributed by atoms with Gasteiger partial charge in [-0.1, -0.05) is 0 Å². The normalized spacial score (nSPS) is 26.2. The molecule has 90 valence electrons. The summed E-state index contributed by atoms with van der Waals surface area (Å²) in [7, 11) is 0. The van der Waals surface area contributed by atoms with E-state index in [1.807, 2.05) is 4.68 Å². The molecule has 16 heavy (non-hydrogen) atoms. The smallest absolute Gasteiger partial charge is 0.0627 e. The van der Waals surface area contributed by atoms with Gasteiger partial charge in [-0.15, -0.1) is 0 Å². The number of nitrogens with one attached hydrogen (secondary N) is 1. The molecule has 1 fully saturated rings. The Kier molecular flexibility index (Phi) is 3.64. The van der Waals surface area contributed by atoms with Gasteiger partial charge in [0, 0.05) is 18.3 Å². The quantitative estimate of drug-likeness (QED) is 0.849. The lowest BCUT2D eigenvalue weighted by atomic mass is 9.92. The third-order valence-electron chi connectivity index (χ3n) is 3.45. The van der Waals surface area contributed by atoms with Gasteiger partial charge in [0.05, 0.1) is 5.69 Å². The molecule has 2 rings (SSSR count). The minimum absolute atomic E-state index is 0.471. The van der Waals surface area contributed by atoms with Crippen LogP contribution in [-0.2, 0) is 6.42 Å². The van der Waals surface area contributed by atoms with E-state index < -0.39 is 0 Å². The number of piperidine rings is 1. The summed E-state index contributed by atoms with van der Waals surface area (Å²) in [6.45, 7) is 7.75. The van der Waals surface area contributed by atoms with Gasteiger partial charge in [-0.05, 0) is 58.6 Å². The number of nitrogens with zero attached hydrogens (tertiary/aromatic N) is 2. The molecule has 0 spiro atoms.